The molecule has 4 N–H and O–H groups in total. The zero-order valence-electron chi connectivity index (χ0n) is 20.5. The molecule has 37 heavy (non-hydrogen) atoms. The summed E-state index contributed by atoms with van der Waals surface area (Å²) in [5.74, 6) is 0.941. The van der Waals surface area contributed by atoms with Crippen LogP contribution in [0.4, 0.5) is 22.9 Å². The first-order valence-corrected chi connectivity index (χ1v) is 12.8. The number of nitrogens with one attached hydrogen (secondary N) is 4. The third-order valence-electron chi connectivity index (χ3n) is 5.35. The number of carbonyl (C=O) groups excluding carboxylic acids is 1. The van der Waals surface area contributed by atoms with Gasteiger partial charge in [0.05, 0.1) is 36.9 Å². The highest BCUT2D eigenvalue weighted by Gasteiger charge is 2.19. The van der Waals surface area contributed by atoms with Gasteiger partial charge in [0.2, 0.25) is 5.91 Å². The number of fused-ring (bicyclic) bond motifs is 1. The van der Waals surface area contributed by atoms with Gasteiger partial charge in [-0.3, -0.25) is 9.52 Å². The first-order chi connectivity index (χ1) is 17.8. The molecule has 192 valence electrons. The molecule has 0 saturated carbocycles. The number of para-hydroxylation sites is 1. The van der Waals surface area contributed by atoms with E-state index < -0.39 is 10.0 Å². The van der Waals surface area contributed by atoms with Gasteiger partial charge in [0.25, 0.3) is 10.0 Å². The zero-order valence-corrected chi connectivity index (χ0v) is 21.3. The van der Waals surface area contributed by atoms with Gasteiger partial charge in [0.1, 0.15) is 11.5 Å². The number of ether oxygens (including phenoxy) is 2. The maximum atomic E-state index is 13.4. The van der Waals surface area contributed by atoms with Crippen molar-refractivity contribution in [2.45, 2.75) is 4.90 Å². The molecule has 0 aliphatic carbocycles. The standard InChI is InChI=1S/C26H27N5O5S/c1-27-16-25(32)29-18-8-6-9-22(14-18)37(33,34)31-26-24(11-17-7-4-5-10-23(17)30-26)28-19-12-20(35-2)15-21(13-19)36-3/h4-15,27-28H,16H2,1-3H3,(H,29,32)(H,30,31). The molecule has 0 bridgehead atoms. The highest BCUT2D eigenvalue weighted by molar-refractivity contribution is 7.92. The highest BCUT2D eigenvalue weighted by atomic mass is 32.2. The van der Waals surface area contributed by atoms with Crippen molar-refractivity contribution in [1.29, 1.82) is 0 Å². The lowest BCUT2D eigenvalue weighted by molar-refractivity contribution is -0.115. The maximum Gasteiger partial charge on any atom is 0.263 e. The van der Waals surface area contributed by atoms with E-state index in [2.05, 4.69) is 25.7 Å². The van der Waals surface area contributed by atoms with Crippen LogP contribution in [0.15, 0.2) is 77.7 Å². The second-order valence-electron chi connectivity index (χ2n) is 8.02. The Morgan fingerprint density at radius 1 is 0.892 bits per heavy atom. The summed E-state index contributed by atoms with van der Waals surface area (Å²) >= 11 is 0. The monoisotopic (exact) mass is 521 g/mol. The van der Waals surface area contributed by atoms with Crippen LogP contribution < -0.4 is 30.1 Å². The number of hydrogen-bond donors (Lipinski definition) is 4. The molecule has 0 atom stereocenters. The quantitative estimate of drug-likeness (QED) is 0.247. The average molecular weight is 522 g/mol. The first kappa shape index (κ1) is 25.7. The fraction of sp³-hybridized carbons (Fsp3) is 0.154. The van der Waals surface area contributed by atoms with Gasteiger partial charge >= 0.3 is 0 Å². The Morgan fingerprint density at radius 3 is 2.32 bits per heavy atom. The summed E-state index contributed by atoms with van der Waals surface area (Å²) in [4.78, 5) is 16.5. The van der Waals surface area contributed by atoms with Crippen LogP contribution in [0.5, 0.6) is 11.5 Å². The molecule has 0 saturated heterocycles. The molecule has 0 aliphatic rings. The number of pyridine rings is 1. The SMILES string of the molecule is CNCC(=O)Nc1cccc(S(=O)(=O)Nc2nc3ccccc3cc2Nc2cc(OC)cc(OC)c2)c1. The van der Waals surface area contributed by atoms with Gasteiger partial charge < -0.3 is 25.4 Å². The Hall–Kier alpha value is -4.35. The summed E-state index contributed by atoms with van der Waals surface area (Å²) in [6, 6.07) is 20.4. The Bertz CT molecular complexity index is 1520. The van der Waals surface area contributed by atoms with Crippen molar-refractivity contribution in [2.75, 3.05) is 43.2 Å². The molecular formula is C26H27N5O5S. The van der Waals surface area contributed by atoms with E-state index in [1.807, 2.05) is 18.2 Å². The largest absolute Gasteiger partial charge is 0.497 e. The van der Waals surface area contributed by atoms with Crippen molar-refractivity contribution >= 4 is 49.7 Å². The van der Waals surface area contributed by atoms with Crippen molar-refractivity contribution < 1.29 is 22.7 Å². The molecule has 11 heteroatoms. The van der Waals surface area contributed by atoms with E-state index in [-0.39, 0.29) is 23.2 Å². The Morgan fingerprint density at radius 2 is 1.62 bits per heavy atom. The summed E-state index contributed by atoms with van der Waals surface area (Å²) in [6.45, 7) is 0.0975. The minimum Gasteiger partial charge on any atom is -0.497 e. The summed E-state index contributed by atoms with van der Waals surface area (Å²) in [7, 11) is 0.678. The van der Waals surface area contributed by atoms with E-state index in [1.165, 1.54) is 12.1 Å². The van der Waals surface area contributed by atoms with Gasteiger partial charge in [-0.2, -0.15) is 0 Å². The number of rotatable bonds is 10. The number of methoxy groups -OCH3 is 2. The molecule has 0 unspecified atom stereocenters. The molecule has 3 aromatic carbocycles. The topological polar surface area (TPSA) is 131 Å². The van der Waals surface area contributed by atoms with Crippen molar-refractivity contribution in [3.05, 3.63) is 72.8 Å². The lowest BCUT2D eigenvalue weighted by atomic mass is 10.2. The van der Waals surface area contributed by atoms with E-state index in [4.69, 9.17) is 9.47 Å². The summed E-state index contributed by atoms with van der Waals surface area (Å²) < 4.78 is 40.0. The number of aromatic nitrogens is 1. The van der Waals surface area contributed by atoms with Crippen molar-refractivity contribution in [1.82, 2.24) is 10.3 Å². The number of amides is 1. The van der Waals surface area contributed by atoms with Crippen LogP contribution in [-0.2, 0) is 14.8 Å². The molecule has 0 radical (unpaired) electrons. The van der Waals surface area contributed by atoms with Crippen LogP contribution in [0.2, 0.25) is 0 Å². The van der Waals surface area contributed by atoms with Crippen molar-refractivity contribution in [3.8, 4) is 11.5 Å². The van der Waals surface area contributed by atoms with Gasteiger partial charge in [0, 0.05) is 35.0 Å². The third-order valence-corrected chi connectivity index (χ3v) is 6.69. The minimum absolute atomic E-state index is 0.0290. The molecule has 4 rings (SSSR count). The third kappa shape index (κ3) is 6.26. The molecule has 0 spiro atoms. The molecule has 1 aromatic heterocycles. The number of hydrogen-bond acceptors (Lipinski definition) is 8. The van der Waals surface area contributed by atoms with E-state index in [0.717, 1.165) is 5.39 Å². The lowest BCUT2D eigenvalue weighted by Crippen LogP contribution is -2.25. The molecule has 0 fully saturated rings. The number of sulfonamides is 1. The van der Waals surface area contributed by atoms with Gasteiger partial charge in [-0.1, -0.05) is 24.3 Å². The van der Waals surface area contributed by atoms with Gasteiger partial charge in [-0.05, 0) is 37.4 Å². The predicted molar refractivity (Wildman–Crippen MR) is 144 cm³/mol. The summed E-state index contributed by atoms with van der Waals surface area (Å²) in [5, 5.41) is 9.45. The normalized spacial score (nSPS) is 11.1. The minimum atomic E-state index is -4.06. The van der Waals surface area contributed by atoms with Crippen LogP contribution in [-0.4, -0.2) is 47.1 Å². The van der Waals surface area contributed by atoms with Crippen LogP contribution in [0, 0.1) is 0 Å². The van der Waals surface area contributed by atoms with Crippen LogP contribution in [0.1, 0.15) is 0 Å². The molecule has 10 nitrogen and oxygen atoms in total. The first-order valence-electron chi connectivity index (χ1n) is 11.3. The Labute approximate surface area is 215 Å². The van der Waals surface area contributed by atoms with E-state index in [0.29, 0.717) is 34.1 Å². The van der Waals surface area contributed by atoms with Crippen molar-refractivity contribution in [2.24, 2.45) is 0 Å². The maximum absolute atomic E-state index is 13.4. The van der Waals surface area contributed by atoms with E-state index >= 15 is 0 Å². The van der Waals surface area contributed by atoms with Crippen molar-refractivity contribution in [3.63, 3.8) is 0 Å². The number of benzene rings is 3. The molecule has 1 heterocycles. The second-order valence-corrected chi connectivity index (χ2v) is 9.70. The smallest absolute Gasteiger partial charge is 0.263 e. The number of carbonyl (C=O) groups is 1. The molecule has 1 amide bonds. The summed E-state index contributed by atoms with van der Waals surface area (Å²) in [6.07, 6.45) is 0. The zero-order chi connectivity index (χ0) is 26.4. The average Bonchev–Trinajstić information content (AvgIpc) is 2.89. The van der Waals surface area contributed by atoms with Crippen LogP contribution in [0.25, 0.3) is 10.9 Å². The highest BCUT2D eigenvalue weighted by Crippen LogP contribution is 2.33. The molecule has 0 aliphatic heterocycles. The second kappa shape index (κ2) is 11.1. The number of likely N-dealkylation sites (N-methyl/N-ethyl adjacent to an activating group) is 1. The van der Waals surface area contributed by atoms with Gasteiger partial charge in [-0.25, -0.2) is 13.4 Å². The predicted octanol–water partition coefficient (Wildman–Crippen LogP) is 3.95. The fourth-order valence-electron chi connectivity index (χ4n) is 3.62. The fourth-order valence-corrected chi connectivity index (χ4v) is 4.68. The number of anilines is 4. The summed E-state index contributed by atoms with van der Waals surface area (Å²) in [5.41, 5.74) is 2.01. The van der Waals surface area contributed by atoms with E-state index in [9.17, 15) is 13.2 Å². The van der Waals surface area contributed by atoms with E-state index in [1.54, 1.807) is 63.7 Å². The molecular weight excluding hydrogens is 494 g/mol. The van der Waals surface area contributed by atoms with Crippen LogP contribution in [0.3, 0.4) is 0 Å². The molecule has 4 aromatic rings. The van der Waals surface area contributed by atoms with Crippen LogP contribution >= 0.6 is 0 Å². The number of nitrogens with zero attached hydrogens (tertiary/aromatic N) is 1. The Kier molecular flexibility index (Phi) is 7.75. The lowest BCUT2D eigenvalue weighted by Gasteiger charge is -2.16. The Balaban J connectivity index is 1.71. The van der Waals surface area contributed by atoms with Gasteiger partial charge in [0.15, 0.2) is 5.82 Å². The van der Waals surface area contributed by atoms with Gasteiger partial charge in [-0.15, -0.1) is 0 Å².